The van der Waals surface area contributed by atoms with Crippen LogP contribution in [0.25, 0.3) is 11.3 Å². The van der Waals surface area contributed by atoms with E-state index in [2.05, 4.69) is 5.32 Å². The van der Waals surface area contributed by atoms with Gasteiger partial charge in [-0.2, -0.15) is 5.10 Å². The van der Waals surface area contributed by atoms with Crippen molar-refractivity contribution in [3.63, 3.8) is 0 Å². The predicted octanol–water partition coefficient (Wildman–Crippen LogP) is 4.48. The highest BCUT2D eigenvalue weighted by Gasteiger charge is 2.26. The van der Waals surface area contributed by atoms with Crippen LogP contribution in [-0.4, -0.2) is 35.7 Å². The van der Waals surface area contributed by atoms with E-state index in [0.717, 1.165) is 33.9 Å². The molecule has 0 atom stereocenters. The van der Waals surface area contributed by atoms with E-state index in [0.29, 0.717) is 31.6 Å². The van der Waals surface area contributed by atoms with Crippen molar-refractivity contribution in [2.75, 3.05) is 23.9 Å². The molecule has 0 spiro atoms. The Bertz CT molecular complexity index is 1360. The number of hydrogen-bond acceptors (Lipinski definition) is 4. The zero-order valence-corrected chi connectivity index (χ0v) is 20.5. The van der Waals surface area contributed by atoms with Crippen molar-refractivity contribution in [2.45, 2.75) is 26.1 Å². The quantitative estimate of drug-likeness (QED) is 0.424. The zero-order valence-electron chi connectivity index (χ0n) is 20.5. The first kappa shape index (κ1) is 23.4. The molecule has 0 saturated heterocycles. The zero-order chi connectivity index (χ0) is 25.1. The van der Waals surface area contributed by atoms with Crippen molar-refractivity contribution in [3.8, 4) is 11.3 Å². The third-order valence-corrected chi connectivity index (χ3v) is 6.41. The molecule has 0 radical (unpaired) electrons. The van der Waals surface area contributed by atoms with Crippen molar-refractivity contribution < 1.29 is 9.59 Å². The number of amides is 2. The van der Waals surface area contributed by atoms with Crippen LogP contribution in [0, 0.1) is 0 Å². The van der Waals surface area contributed by atoms with Gasteiger partial charge in [-0.1, -0.05) is 54.6 Å². The summed E-state index contributed by atoms with van der Waals surface area (Å²) in [6, 6.07) is 27.5. The van der Waals surface area contributed by atoms with Crippen molar-refractivity contribution in [1.29, 1.82) is 0 Å². The highest BCUT2D eigenvalue weighted by molar-refractivity contribution is 5.95. The van der Waals surface area contributed by atoms with Crippen LogP contribution in [0.15, 0.2) is 84.9 Å². The van der Waals surface area contributed by atoms with Crippen LogP contribution in [-0.2, 0) is 24.4 Å². The number of fused-ring (bicyclic) bond motifs is 1. The summed E-state index contributed by atoms with van der Waals surface area (Å²) < 4.78 is 1.90. The van der Waals surface area contributed by atoms with Crippen LogP contribution in [0.1, 0.15) is 27.9 Å². The molecule has 0 fully saturated rings. The minimum atomic E-state index is -0.127. The molecule has 0 bridgehead atoms. The second-order valence-electron chi connectivity index (χ2n) is 9.15. The number of anilines is 2. The summed E-state index contributed by atoms with van der Waals surface area (Å²) in [6.07, 6.45) is 0.416. The molecule has 7 heteroatoms. The Hall–Kier alpha value is -4.39. The molecular weight excluding hydrogens is 450 g/mol. The fourth-order valence-electron chi connectivity index (χ4n) is 4.31. The van der Waals surface area contributed by atoms with Crippen molar-refractivity contribution in [2.24, 2.45) is 0 Å². The minimum absolute atomic E-state index is 0.0733. The molecule has 7 nitrogen and oxygen atoms in total. The molecule has 4 aromatic rings. The molecule has 36 heavy (non-hydrogen) atoms. The van der Waals surface area contributed by atoms with E-state index in [-0.39, 0.29) is 11.8 Å². The number of aromatic nitrogens is 2. The second-order valence-corrected chi connectivity index (χ2v) is 9.15. The third-order valence-electron chi connectivity index (χ3n) is 6.41. The molecule has 1 aromatic heterocycles. The number of aryl methyl sites for hydroxylation is 1. The van der Waals surface area contributed by atoms with Gasteiger partial charge in [0.2, 0.25) is 5.91 Å². The van der Waals surface area contributed by atoms with Crippen molar-refractivity contribution >= 4 is 23.3 Å². The third kappa shape index (κ3) is 5.00. The molecule has 0 aliphatic carbocycles. The first-order valence-corrected chi connectivity index (χ1v) is 12.0. The summed E-state index contributed by atoms with van der Waals surface area (Å²) in [4.78, 5) is 29.2. The molecule has 1 aliphatic rings. The lowest BCUT2D eigenvalue weighted by atomic mass is 10.1. The van der Waals surface area contributed by atoms with E-state index in [1.165, 1.54) is 0 Å². The summed E-state index contributed by atoms with van der Waals surface area (Å²) in [6.45, 7) is 1.47. The maximum Gasteiger partial charge on any atom is 0.251 e. The van der Waals surface area contributed by atoms with Gasteiger partial charge < -0.3 is 10.2 Å². The predicted molar refractivity (Wildman–Crippen MR) is 142 cm³/mol. The van der Waals surface area contributed by atoms with Crippen molar-refractivity contribution in [1.82, 2.24) is 15.1 Å². The summed E-state index contributed by atoms with van der Waals surface area (Å²) in [5.74, 6) is 0.745. The molecule has 3 aromatic carbocycles. The summed E-state index contributed by atoms with van der Waals surface area (Å²) in [5, 5.41) is 7.69. The van der Waals surface area contributed by atoms with Gasteiger partial charge in [-0.05, 0) is 35.4 Å². The lowest BCUT2D eigenvalue weighted by Gasteiger charge is -2.27. The normalized spacial score (nSPS) is 12.8. The number of nitrogens with zero attached hydrogens (tertiary/aromatic N) is 4. The number of nitrogens with one attached hydrogen (secondary N) is 1. The van der Waals surface area contributed by atoms with E-state index in [1.807, 2.05) is 96.5 Å². The summed E-state index contributed by atoms with van der Waals surface area (Å²) in [7, 11) is 4.00. The van der Waals surface area contributed by atoms with Gasteiger partial charge in [0, 0.05) is 49.9 Å². The van der Waals surface area contributed by atoms with Gasteiger partial charge in [0.25, 0.3) is 5.91 Å². The summed E-state index contributed by atoms with van der Waals surface area (Å²) in [5.41, 5.74) is 5.58. The molecule has 182 valence electrons. The molecule has 2 amide bonds. The van der Waals surface area contributed by atoms with Gasteiger partial charge in [0.1, 0.15) is 5.82 Å². The number of carbonyl (C=O) groups excluding carboxylic acids is 2. The average Bonchev–Trinajstić information content (AvgIpc) is 3.35. The van der Waals surface area contributed by atoms with E-state index in [4.69, 9.17) is 5.10 Å². The molecule has 0 saturated carbocycles. The van der Waals surface area contributed by atoms with Gasteiger partial charge >= 0.3 is 0 Å². The highest BCUT2D eigenvalue weighted by Crippen LogP contribution is 2.29. The molecule has 5 rings (SSSR count). The van der Waals surface area contributed by atoms with Crippen LogP contribution in [0.4, 0.5) is 11.5 Å². The monoisotopic (exact) mass is 479 g/mol. The summed E-state index contributed by atoms with van der Waals surface area (Å²) >= 11 is 0. The number of rotatable bonds is 7. The van der Waals surface area contributed by atoms with Gasteiger partial charge in [-0.25, -0.2) is 4.68 Å². The Morgan fingerprint density at radius 3 is 2.33 bits per heavy atom. The standard InChI is InChI=1S/C29H29N5O2/c1-32(2)25-14-10-21(11-15-25)19-30-29(36)24-12-8-22(9-13-24)20-33-27-18-26(23-6-4-3-5-7-23)31-34(27)17-16-28(33)35/h3-15,18H,16-17,19-20H2,1-2H3,(H,30,36). The van der Waals surface area contributed by atoms with E-state index < -0.39 is 0 Å². The topological polar surface area (TPSA) is 70.5 Å². The number of benzene rings is 3. The average molecular weight is 480 g/mol. The molecule has 2 heterocycles. The van der Waals surface area contributed by atoms with E-state index in [9.17, 15) is 9.59 Å². The maximum absolute atomic E-state index is 12.8. The van der Waals surface area contributed by atoms with E-state index in [1.54, 1.807) is 17.0 Å². The number of hydrogen-bond donors (Lipinski definition) is 1. The second kappa shape index (κ2) is 10.1. The Kier molecular flexibility index (Phi) is 6.54. The van der Waals surface area contributed by atoms with Gasteiger partial charge in [-0.15, -0.1) is 0 Å². The van der Waals surface area contributed by atoms with Crippen LogP contribution in [0.5, 0.6) is 0 Å². The minimum Gasteiger partial charge on any atom is -0.378 e. The van der Waals surface area contributed by atoms with Gasteiger partial charge in [0.05, 0.1) is 18.8 Å². The van der Waals surface area contributed by atoms with Crippen LogP contribution in [0.3, 0.4) is 0 Å². The SMILES string of the molecule is CN(C)c1ccc(CNC(=O)c2ccc(CN3C(=O)CCn4nc(-c5ccccc5)cc43)cc2)cc1. The molecule has 0 unspecified atom stereocenters. The fourth-order valence-corrected chi connectivity index (χ4v) is 4.31. The van der Waals surface area contributed by atoms with Crippen LogP contribution >= 0.6 is 0 Å². The molecule has 1 N–H and O–H groups in total. The lowest BCUT2D eigenvalue weighted by molar-refractivity contribution is -0.119. The highest BCUT2D eigenvalue weighted by atomic mass is 16.2. The largest absolute Gasteiger partial charge is 0.378 e. The van der Waals surface area contributed by atoms with Gasteiger partial charge in [0.15, 0.2) is 0 Å². The maximum atomic E-state index is 12.8. The van der Waals surface area contributed by atoms with Gasteiger partial charge in [-0.3, -0.25) is 14.5 Å². The molecule has 1 aliphatic heterocycles. The molecular formula is C29H29N5O2. The van der Waals surface area contributed by atoms with E-state index >= 15 is 0 Å². The number of carbonyl (C=O) groups is 2. The smallest absolute Gasteiger partial charge is 0.251 e. The first-order valence-electron chi connectivity index (χ1n) is 12.0. The Balaban J connectivity index is 1.24. The first-order chi connectivity index (χ1) is 17.5. The Morgan fingerprint density at radius 2 is 1.64 bits per heavy atom. The Labute approximate surface area is 211 Å². The van der Waals surface area contributed by atoms with Crippen LogP contribution < -0.4 is 15.1 Å². The lowest BCUT2D eigenvalue weighted by Crippen LogP contribution is -2.36. The Morgan fingerprint density at radius 1 is 0.944 bits per heavy atom. The van der Waals surface area contributed by atoms with Crippen molar-refractivity contribution in [3.05, 3.63) is 102 Å². The fraction of sp³-hybridized carbons (Fsp3) is 0.207. The van der Waals surface area contributed by atoms with Crippen LogP contribution in [0.2, 0.25) is 0 Å².